The van der Waals surface area contributed by atoms with Crippen LogP contribution in [-0.4, -0.2) is 37.2 Å². The lowest BCUT2D eigenvalue weighted by atomic mass is 10.3. The molecule has 1 heterocycles. The first-order valence-corrected chi connectivity index (χ1v) is 7.91. The fraction of sp³-hybridized carbons (Fsp3) is 0.235. The summed E-state index contributed by atoms with van der Waals surface area (Å²) < 4.78 is 63.7. The lowest BCUT2D eigenvalue weighted by molar-refractivity contribution is -0.125. The second-order valence-corrected chi connectivity index (χ2v) is 5.43. The van der Waals surface area contributed by atoms with Gasteiger partial charge in [0.05, 0.1) is 0 Å². The highest BCUT2D eigenvalue weighted by molar-refractivity contribution is 5.96. The fourth-order valence-electron chi connectivity index (χ4n) is 1.84. The molecule has 0 fully saturated rings. The van der Waals surface area contributed by atoms with Crippen LogP contribution in [0.2, 0.25) is 0 Å². The summed E-state index contributed by atoms with van der Waals surface area (Å²) >= 11 is 0. The molecule has 0 aliphatic rings. The number of carbonyl (C=O) groups excluding carboxylic acids is 3. The molecule has 29 heavy (non-hydrogen) atoms. The van der Waals surface area contributed by atoms with E-state index in [2.05, 4.69) is 4.74 Å². The number of esters is 1. The Morgan fingerprint density at radius 3 is 2.38 bits per heavy atom. The molecule has 12 heteroatoms. The number of imide groups is 1. The zero-order valence-corrected chi connectivity index (χ0v) is 14.5. The van der Waals surface area contributed by atoms with Gasteiger partial charge < -0.3 is 19.2 Å². The number of furan rings is 1. The lowest BCUT2D eigenvalue weighted by Gasteiger charge is -2.09. The molecule has 0 saturated heterocycles. The Bertz CT molecular complexity index is 864. The molecule has 2 N–H and O–H groups in total. The van der Waals surface area contributed by atoms with Crippen molar-refractivity contribution in [2.75, 3.05) is 13.2 Å². The van der Waals surface area contributed by atoms with E-state index in [0.717, 1.165) is 0 Å². The number of urea groups is 1. The van der Waals surface area contributed by atoms with Gasteiger partial charge in [-0.2, -0.15) is 13.2 Å². The minimum atomic E-state index is -4.63. The van der Waals surface area contributed by atoms with E-state index in [9.17, 15) is 31.9 Å². The highest BCUT2D eigenvalue weighted by Gasteiger charge is 2.28. The van der Waals surface area contributed by atoms with Gasteiger partial charge in [0.2, 0.25) is 5.76 Å². The number of hydrogen-bond donors (Lipinski definition) is 2. The van der Waals surface area contributed by atoms with Crippen LogP contribution in [0.1, 0.15) is 16.3 Å². The van der Waals surface area contributed by atoms with Gasteiger partial charge in [0.15, 0.2) is 6.61 Å². The zero-order valence-electron chi connectivity index (χ0n) is 14.5. The van der Waals surface area contributed by atoms with Crippen LogP contribution in [0.3, 0.4) is 0 Å². The summed E-state index contributed by atoms with van der Waals surface area (Å²) in [4.78, 5) is 34.3. The molecule has 1 aromatic carbocycles. The fourth-order valence-corrected chi connectivity index (χ4v) is 1.84. The Hall–Kier alpha value is -3.57. The first-order valence-electron chi connectivity index (χ1n) is 7.91. The molecule has 8 nitrogen and oxygen atoms in total. The van der Waals surface area contributed by atoms with Crippen molar-refractivity contribution in [2.24, 2.45) is 0 Å². The van der Waals surface area contributed by atoms with Gasteiger partial charge in [-0.1, -0.05) is 0 Å². The quantitative estimate of drug-likeness (QED) is 0.529. The Morgan fingerprint density at radius 1 is 1.03 bits per heavy atom. The van der Waals surface area contributed by atoms with Crippen molar-refractivity contribution in [3.8, 4) is 5.75 Å². The van der Waals surface area contributed by atoms with Gasteiger partial charge in [-0.05, 0) is 36.4 Å². The molecule has 0 spiro atoms. The number of rotatable bonds is 7. The Labute approximate surface area is 160 Å². The molecule has 2 aromatic rings. The maximum absolute atomic E-state index is 12.8. The third-order valence-corrected chi connectivity index (χ3v) is 3.09. The molecule has 156 valence electrons. The summed E-state index contributed by atoms with van der Waals surface area (Å²) in [5.41, 5.74) is 0. The van der Waals surface area contributed by atoms with Crippen LogP contribution in [0, 0.1) is 5.82 Å². The first kappa shape index (κ1) is 21.7. The van der Waals surface area contributed by atoms with Crippen molar-refractivity contribution < 1.29 is 45.8 Å². The van der Waals surface area contributed by atoms with Gasteiger partial charge in [-0.25, -0.2) is 14.0 Å². The molecule has 2 rings (SSSR count). The van der Waals surface area contributed by atoms with Crippen molar-refractivity contribution in [2.45, 2.75) is 12.8 Å². The minimum Gasteiger partial charge on any atom is -0.486 e. The summed E-state index contributed by atoms with van der Waals surface area (Å²) in [6.45, 7) is -2.61. The number of benzene rings is 1. The van der Waals surface area contributed by atoms with Crippen molar-refractivity contribution in [3.63, 3.8) is 0 Å². The SMILES string of the molecule is O=C(COC(=O)c1ccc(COc2ccc(F)cc2)o1)NC(=O)NCC(F)(F)F. The second-order valence-electron chi connectivity index (χ2n) is 5.43. The van der Waals surface area contributed by atoms with Crippen LogP contribution in [0.25, 0.3) is 0 Å². The summed E-state index contributed by atoms with van der Waals surface area (Å²) in [5.74, 6) is -2.27. The van der Waals surface area contributed by atoms with Crippen LogP contribution < -0.4 is 15.4 Å². The number of halogens is 4. The maximum Gasteiger partial charge on any atom is 0.405 e. The van der Waals surface area contributed by atoms with E-state index in [1.807, 2.05) is 0 Å². The number of ether oxygens (including phenoxy) is 2. The van der Waals surface area contributed by atoms with Crippen LogP contribution in [0.5, 0.6) is 5.75 Å². The number of nitrogens with one attached hydrogen (secondary N) is 2. The van der Waals surface area contributed by atoms with Crippen molar-refractivity contribution >= 4 is 17.9 Å². The molecular formula is C17H14F4N2O6. The molecule has 0 bridgehead atoms. The van der Waals surface area contributed by atoms with E-state index in [4.69, 9.17) is 9.15 Å². The highest BCUT2D eigenvalue weighted by atomic mass is 19.4. The van der Waals surface area contributed by atoms with Crippen molar-refractivity contribution in [1.29, 1.82) is 0 Å². The number of alkyl halides is 3. The normalized spacial score (nSPS) is 10.9. The molecule has 0 aliphatic heterocycles. The molecule has 0 atom stereocenters. The molecule has 0 aliphatic carbocycles. The zero-order chi connectivity index (χ0) is 21.4. The topological polar surface area (TPSA) is 107 Å². The second kappa shape index (κ2) is 9.57. The maximum atomic E-state index is 12.8. The average molecular weight is 418 g/mol. The number of carbonyl (C=O) groups is 3. The predicted octanol–water partition coefficient (Wildman–Crippen LogP) is 2.54. The summed E-state index contributed by atoms with van der Waals surface area (Å²) in [7, 11) is 0. The van der Waals surface area contributed by atoms with E-state index in [-0.39, 0.29) is 18.1 Å². The third-order valence-electron chi connectivity index (χ3n) is 3.09. The Morgan fingerprint density at radius 2 is 1.72 bits per heavy atom. The third kappa shape index (κ3) is 7.91. The predicted molar refractivity (Wildman–Crippen MR) is 87.3 cm³/mol. The van der Waals surface area contributed by atoms with Crippen LogP contribution in [0.4, 0.5) is 22.4 Å². The molecule has 0 radical (unpaired) electrons. The molecule has 0 saturated carbocycles. The molecular weight excluding hydrogens is 404 g/mol. The summed E-state index contributed by atoms with van der Waals surface area (Å²) in [6.07, 6.45) is -4.63. The van der Waals surface area contributed by atoms with E-state index >= 15 is 0 Å². The van der Waals surface area contributed by atoms with Gasteiger partial charge in [-0.3, -0.25) is 10.1 Å². The summed E-state index contributed by atoms with van der Waals surface area (Å²) in [6, 6.07) is 6.48. The van der Waals surface area contributed by atoms with E-state index in [1.54, 1.807) is 5.32 Å². The Balaban J connectivity index is 1.74. The Kier molecular flexibility index (Phi) is 7.17. The van der Waals surface area contributed by atoms with E-state index in [0.29, 0.717) is 5.75 Å². The first-order chi connectivity index (χ1) is 13.6. The van der Waals surface area contributed by atoms with Gasteiger partial charge in [0.25, 0.3) is 5.91 Å². The van der Waals surface area contributed by atoms with Crippen LogP contribution in [-0.2, 0) is 16.1 Å². The van der Waals surface area contributed by atoms with Gasteiger partial charge in [0, 0.05) is 0 Å². The van der Waals surface area contributed by atoms with Crippen LogP contribution in [0.15, 0.2) is 40.8 Å². The summed E-state index contributed by atoms with van der Waals surface area (Å²) in [5, 5.41) is 2.98. The van der Waals surface area contributed by atoms with Gasteiger partial charge >= 0.3 is 18.2 Å². The van der Waals surface area contributed by atoms with E-state index in [1.165, 1.54) is 41.7 Å². The number of hydrogen-bond acceptors (Lipinski definition) is 6. The molecule has 0 unspecified atom stereocenters. The van der Waals surface area contributed by atoms with Crippen molar-refractivity contribution in [1.82, 2.24) is 10.6 Å². The van der Waals surface area contributed by atoms with Crippen LogP contribution >= 0.6 is 0 Å². The molecule has 3 amide bonds. The standard InChI is InChI=1S/C17H14F4N2O6/c18-10-1-3-11(4-2-10)27-7-12-5-6-13(29-12)15(25)28-8-14(24)23-16(26)22-9-17(19,20)21/h1-6H,7-9H2,(H2,22,23,24,26). The van der Waals surface area contributed by atoms with Gasteiger partial charge in [0.1, 0.15) is 30.5 Å². The highest BCUT2D eigenvalue weighted by Crippen LogP contribution is 2.15. The average Bonchev–Trinajstić information content (AvgIpc) is 3.12. The van der Waals surface area contributed by atoms with Gasteiger partial charge in [-0.15, -0.1) is 0 Å². The van der Waals surface area contributed by atoms with E-state index < -0.39 is 43.1 Å². The number of amides is 3. The van der Waals surface area contributed by atoms with Crippen molar-refractivity contribution in [3.05, 3.63) is 53.7 Å². The smallest absolute Gasteiger partial charge is 0.405 e. The largest absolute Gasteiger partial charge is 0.486 e. The minimum absolute atomic E-state index is 0.0707. The molecule has 1 aromatic heterocycles. The monoisotopic (exact) mass is 418 g/mol. The lowest BCUT2D eigenvalue weighted by Crippen LogP contribution is -2.44.